The van der Waals surface area contributed by atoms with Crippen LogP contribution in [0.25, 0.3) is 0 Å². The van der Waals surface area contributed by atoms with Crippen molar-refractivity contribution < 1.29 is 32.2 Å². The monoisotopic (exact) mass is 491 g/mol. The van der Waals surface area contributed by atoms with E-state index in [2.05, 4.69) is 10.6 Å². The molecule has 2 amide bonds. The number of hydrogen-bond donors (Lipinski definition) is 2. The van der Waals surface area contributed by atoms with E-state index >= 15 is 0 Å². The van der Waals surface area contributed by atoms with Crippen molar-refractivity contribution in [2.45, 2.75) is 31.0 Å². The highest BCUT2D eigenvalue weighted by Crippen LogP contribution is 2.26. The summed E-state index contributed by atoms with van der Waals surface area (Å²) in [5.74, 6) is -0.435. The average Bonchev–Trinajstić information content (AvgIpc) is 2.86. The third kappa shape index (κ3) is 6.04. The molecule has 0 saturated carbocycles. The van der Waals surface area contributed by atoms with Crippen LogP contribution in [0.3, 0.4) is 0 Å². The molecule has 1 aliphatic rings. The van der Waals surface area contributed by atoms with Gasteiger partial charge in [0.05, 0.1) is 32.3 Å². The highest BCUT2D eigenvalue weighted by molar-refractivity contribution is 7.89. The number of hydrogen-bond acceptors (Lipinski definition) is 7. The van der Waals surface area contributed by atoms with Gasteiger partial charge in [-0.15, -0.1) is 0 Å². The Labute approximate surface area is 199 Å². The van der Waals surface area contributed by atoms with Crippen molar-refractivity contribution in [3.05, 3.63) is 53.6 Å². The number of nitrogens with zero attached hydrogens (tertiary/aromatic N) is 1. The maximum absolute atomic E-state index is 13.2. The van der Waals surface area contributed by atoms with Gasteiger partial charge in [-0.3, -0.25) is 9.59 Å². The lowest BCUT2D eigenvalue weighted by Gasteiger charge is -2.34. The van der Waals surface area contributed by atoms with Gasteiger partial charge in [-0.1, -0.05) is 12.1 Å². The van der Waals surface area contributed by atoms with E-state index in [4.69, 9.17) is 14.2 Å². The third-order valence-electron chi connectivity index (χ3n) is 5.38. The Balaban J connectivity index is 1.60. The lowest BCUT2D eigenvalue weighted by Crippen LogP contribution is -2.53. The first kappa shape index (κ1) is 25.5. The summed E-state index contributed by atoms with van der Waals surface area (Å²) in [5.41, 5.74) is 1.48. The summed E-state index contributed by atoms with van der Waals surface area (Å²) in [4.78, 5) is 24.5. The van der Waals surface area contributed by atoms with Gasteiger partial charge in [-0.2, -0.15) is 4.31 Å². The number of amides is 2. The van der Waals surface area contributed by atoms with Gasteiger partial charge in [0, 0.05) is 13.1 Å². The first-order valence-corrected chi connectivity index (χ1v) is 12.2. The molecule has 0 unspecified atom stereocenters. The first-order valence-electron chi connectivity index (χ1n) is 10.7. The van der Waals surface area contributed by atoms with E-state index in [1.165, 1.54) is 23.5 Å². The van der Waals surface area contributed by atoms with Crippen molar-refractivity contribution in [2.75, 3.05) is 33.9 Å². The third-order valence-corrected chi connectivity index (χ3v) is 7.27. The van der Waals surface area contributed by atoms with Crippen molar-refractivity contribution in [3.8, 4) is 11.5 Å². The average molecular weight is 492 g/mol. The number of rotatable bonds is 8. The fraction of sp³-hybridized carbons (Fsp3) is 0.391. The second-order valence-electron chi connectivity index (χ2n) is 7.67. The summed E-state index contributed by atoms with van der Waals surface area (Å²) in [6.45, 7) is 2.33. The van der Waals surface area contributed by atoms with Gasteiger partial charge in [0.2, 0.25) is 10.0 Å². The van der Waals surface area contributed by atoms with Crippen LogP contribution in [0.4, 0.5) is 0 Å². The standard InChI is InChI=1S/C23H29N3O7S/c1-16-13-19(9-10-20(16)32-3)34(29,30)26-11-4-12-33-21(26)15-25-23(28)22(27)24-14-17-5-7-18(31-2)8-6-17/h5-10,13,21H,4,11-12,14-15H2,1-3H3,(H,24,27)(H,25,28)/t21-/m1/s1. The molecule has 2 N–H and O–H groups in total. The Hall–Kier alpha value is -3.15. The molecule has 1 saturated heterocycles. The molecule has 1 aliphatic heterocycles. The highest BCUT2D eigenvalue weighted by atomic mass is 32.2. The predicted octanol–water partition coefficient (Wildman–Crippen LogP) is 1.18. The van der Waals surface area contributed by atoms with Crippen LogP contribution in [0, 0.1) is 6.92 Å². The molecule has 2 aromatic rings. The van der Waals surface area contributed by atoms with Crippen LogP contribution in [0.15, 0.2) is 47.4 Å². The fourth-order valence-corrected chi connectivity index (χ4v) is 5.17. The lowest BCUT2D eigenvalue weighted by atomic mass is 10.2. The maximum atomic E-state index is 13.2. The van der Waals surface area contributed by atoms with Gasteiger partial charge < -0.3 is 24.8 Å². The smallest absolute Gasteiger partial charge is 0.309 e. The van der Waals surface area contributed by atoms with E-state index in [0.29, 0.717) is 30.1 Å². The van der Waals surface area contributed by atoms with Crippen LogP contribution in [0.5, 0.6) is 11.5 Å². The van der Waals surface area contributed by atoms with Crippen molar-refractivity contribution in [2.24, 2.45) is 0 Å². The molecule has 0 spiro atoms. The van der Waals surface area contributed by atoms with E-state index in [1.54, 1.807) is 44.4 Å². The van der Waals surface area contributed by atoms with Gasteiger partial charge in [-0.05, 0) is 54.8 Å². The maximum Gasteiger partial charge on any atom is 0.309 e. The minimum atomic E-state index is -3.89. The SMILES string of the molecule is COc1ccc(CNC(=O)C(=O)NC[C@H]2OCCCN2S(=O)(=O)c2ccc(OC)c(C)c2)cc1. The highest BCUT2D eigenvalue weighted by Gasteiger charge is 2.35. The number of benzene rings is 2. The first-order chi connectivity index (χ1) is 16.3. The fourth-order valence-electron chi connectivity index (χ4n) is 3.52. The Bertz CT molecular complexity index is 1120. The molecule has 11 heteroatoms. The number of sulfonamides is 1. The van der Waals surface area contributed by atoms with Crippen LogP contribution >= 0.6 is 0 Å². The van der Waals surface area contributed by atoms with Crippen molar-refractivity contribution in [1.82, 2.24) is 14.9 Å². The van der Waals surface area contributed by atoms with E-state index in [0.717, 1.165) is 5.56 Å². The molecule has 3 rings (SSSR count). The van der Waals surface area contributed by atoms with Gasteiger partial charge in [0.25, 0.3) is 0 Å². The van der Waals surface area contributed by atoms with E-state index in [1.807, 2.05) is 0 Å². The number of aryl methyl sites for hydroxylation is 1. The second kappa shape index (κ2) is 11.3. The zero-order valence-electron chi connectivity index (χ0n) is 19.4. The summed E-state index contributed by atoms with van der Waals surface area (Å²) < 4.78 is 43.6. The summed E-state index contributed by atoms with van der Waals surface area (Å²) in [6, 6.07) is 11.6. The molecule has 0 aliphatic carbocycles. The minimum Gasteiger partial charge on any atom is -0.497 e. The topological polar surface area (TPSA) is 123 Å². The molecule has 10 nitrogen and oxygen atoms in total. The van der Waals surface area contributed by atoms with Crippen molar-refractivity contribution in [3.63, 3.8) is 0 Å². The van der Waals surface area contributed by atoms with E-state index in [9.17, 15) is 18.0 Å². The van der Waals surface area contributed by atoms with Crippen molar-refractivity contribution >= 4 is 21.8 Å². The van der Waals surface area contributed by atoms with Crippen LogP contribution in [-0.4, -0.2) is 64.7 Å². The molecule has 1 heterocycles. The number of methoxy groups -OCH3 is 2. The molecule has 0 radical (unpaired) electrons. The second-order valence-corrected chi connectivity index (χ2v) is 9.56. The molecule has 1 atom stereocenters. The summed E-state index contributed by atoms with van der Waals surface area (Å²) in [5, 5.41) is 5.00. The zero-order valence-corrected chi connectivity index (χ0v) is 20.2. The molecule has 184 valence electrons. The molecule has 34 heavy (non-hydrogen) atoms. The molecule has 1 fully saturated rings. The predicted molar refractivity (Wildman–Crippen MR) is 124 cm³/mol. The summed E-state index contributed by atoms with van der Waals surface area (Å²) >= 11 is 0. The summed E-state index contributed by atoms with van der Waals surface area (Å²) in [6.07, 6.45) is -0.416. The van der Waals surface area contributed by atoms with E-state index in [-0.39, 0.29) is 24.5 Å². The van der Waals surface area contributed by atoms with E-state index < -0.39 is 28.1 Å². The van der Waals surface area contributed by atoms with Crippen LogP contribution < -0.4 is 20.1 Å². The molecule has 0 bridgehead atoms. The number of ether oxygens (including phenoxy) is 3. The quantitative estimate of drug-likeness (QED) is 0.532. The van der Waals surface area contributed by atoms with Crippen LogP contribution in [-0.2, 0) is 30.9 Å². The number of nitrogens with one attached hydrogen (secondary N) is 2. The summed E-state index contributed by atoms with van der Waals surface area (Å²) in [7, 11) is -0.816. The molecular formula is C23H29N3O7S. The van der Waals surface area contributed by atoms with Gasteiger partial charge in [-0.25, -0.2) is 8.42 Å². The van der Waals surface area contributed by atoms with Gasteiger partial charge >= 0.3 is 11.8 Å². The van der Waals surface area contributed by atoms with Gasteiger partial charge in [0.1, 0.15) is 17.7 Å². The normalized spacial score (nSPS) is 16.5. The number of carbonyl (C=O) groups is 2. The molecule has 0 aromatic heterocycles. The Morgan fingerprint density at radius 2 is 1.76 bits per heavy atom. The van der Waals surface area contributed by atoms with Crippen LogP contribution in [0.2, 0.25) is 0 Å². The number of carbonyl (C=O) groups excluding carboxylic acids is 2. The Kier molecular flexibility index (Phi) is 8.48. The van der Waals surface area contributed by atoms with Gasteiger partial charge in [0.15, 0.2) is 0 Å². The largest absolute Gasteiger partial charge is 0.497 e. The minimum absolute atomic E-state index is 0.102. The Morgan fingerprint density at radius 3 is 2.41 bits per heavy atom. The molecule has 2 aromatic carbocycles. The zero-order chi connectivity index (χ0) is 24.7. The van der Waals surface area contributed by atoms with Crippen LogP contribution in [0.1, 0.15) is 17.5 Å². The molecular weight excluding hydrogens is 462 g/mol. The lowest BCUT2D eigenvalue weighted by molar-refractivity contribution is -0.140. The van der Waals surface area contributed by atoms with Crippen molar-refractivity contribution in [1.29, 1.82) is 0 Å². The Morgan fingerprint density at radius 1 is 1.06 bits per heavy atom.